The van der Waals surface area contributed by atoms with Gasteiger partial charge in [0.1, 0.15) is 0 Å². The molecular weight excluding hydrogens is 226 g/mol. The van der Waals surface area contributed by atoms with Crippen LogP contribution in [0, 0.1) is 0 Å². The number of hydrogen-bond acceptors (Lipinski definition) is 5. The molecular formula is C13H11N5. The summed E-state index contributed by atoms with van der Waals surface area (Å²) in [6, 6.07) is 7.70. The van der Waals surface area contributed by atoms with Gasteiger partial charge in [-0.2, -0.15) is 10.2 Å². The van der Waals surface area contributed by atoms with E-state index in [2.05, 4.69) is 20.2 Å². The van der Waals surface area contributed by atoms with E-state index < -0.39 is 0 Å². The minimum absolute atomic E-state index is 0.645. The Hall–Kier alpha value is -2.56. The van der Waals surface area contributed by atoms with Crippen LogP contribution < -0.4 is 5.73 Å². The van der Waals surface area contributed by atoms with Crippen LogP contribution in [0.15, 0.2) is 42.9 Å². The minimum atomic E-state index is 0.645. The van der Waals surface area contributed by atoms with Crippen molar-refractivity contribution in [1.29, 1.82) is 0 Å². The highest BCUT2D eigenvalue weighted by molar-refractivity contribution is 5.74. The van der Waals surface area contributed by atoms with Crippen molar-refractivity contribution < 1.29 is 0 Å². The van der Waals surface area contributed by atoms with Gasteiger partial charge in [0.15, 0.2) is 0 Å². The van der Waals surface area contributed by atoms with E-state index in [0.717, 1.165) is 22.3 Å². The molecule has 0 radical (unpaired) electrons. The van der Waals surface area contributed by atoms with Gasteiger partial charge in [0.25, 0.3) is 0 Å². The van der Waals surface area contributed by atoms with Crippen LogP contribution in [0.3, 0.4) is 0 Å². The number of nitrogen functional groups attached to an aromatic ring is 1. The summed E-state index contributed by atoms with van der Waals surface area (Å²) in [5.41, 5.74) is 10.1. The molecule has 0 saturated carbocycles. The Morgan fingerprint density at radius 1 is 0.944 bits per heavy atom. The third kappa shape index (κ3) is 1.98. The van der Waals surface area contributed by atoms with Crippen LogP contribution >= 0.6 is 0 Å². The fraction of sp³-hybridized carbons (Fsp3) is 0.0769. The van der Waals surface area contributed by atoms with Crippen LogP contribution in [0.25, 0.3) is 11.0 Å². The summed E-state index contributed by atoms with van der Waals surface area (Å²) in [6.45, 7) is 0. The molecule has 0 unspecified atom stereocenters. The lowest BCUT2D eigenvalue weighted by Gasteiger charge is -2.04. The average Bonchev–Trinajstić information content (AvgIpc) is 2.41. The second-order valence-electron chi connectivity index (χ2n) is 3.99. The first-order chi connectivity index (χ1) is 8.83. The van der Waals surface area contributed by atoms with Gasteiger partial charge in [0.2, 0.25) is 0 Å². The minimum Gasteiger partial charge on any atom is -0.397 e. The summed E-state index contributed by atoms with van der Waals surface area (Å²) < 4.78 is 0. The van der Waals surface area contributed by atoms with Gasteiger partial charge >= 0.3 is 0 Å². The molecule has 5 nitrogen and oxygen atoms in total. The predicted octanol–water partition coefficient (Wildman–Crippen LogP) is 1.59. The summed E-state index contributed by atoms with van der Waals surface area (Å²) in [7, 11) is 0. The molecule has 3 aromatic rings. The lowest BCUT2D eigenvalue weighted by atomic mass is 10.1. The second-order valence-corrected chi connectivity index (χ2v) is 3.99. The topological polar surface area (TPSA) is 77.6 Å². The van der Waals surface area contributed by atoms with Crippen molar-refractivity contribution in [2.45, 2.75) is 6.42 Å². The van der Waals surface area contributed by atoms with E-state index in [4.69, 9.17) is 5.73 Å². The van der Waals surface area contributed by atoms with E-state index in [0.29, 0.717) is 12.1 Å². The lowest BCUT2D eigenvalue weighted by molar-refractivity contribution is 0.942. The van der Waals surface area contributed by atoms with Crippen LogP contribution in [0.5, 0.6) is 0 Å². The Morgan fingerprint density at radius 3 is 2.61 bits per heavy atom. The molecule has 0 atom stereocenters. The number of anilines is 1. The maximum atomic E-state index is 5.85. The van der Waals surface area contributed by atoms with Gasteiger partial charge in [-0.25, -0.2) is 0 Å². The highest BCUT2D eigenvalue weighted by Crippen LogP contribution is 2.16. The SMILES string of the molecule is Nc1ccnnc1Cc1ccc2nccnc2c1. The molecule has 0 saturated heterocycles. The van der Waals surface area contributed by atoms with E-state index in [1.807, 2.05) is 18.2 Å². The molecule has 0 bridgehead atoms. The number of rotatable bonds is 2. The monoisotopic (exact) mass is 237 g/mol. The predicted molar refractivity (Wildman–Crippen MR) is 68.8 cm³/mol. The highest BCUT2D eigenvalue weighted by atomic mass is 15.1. The van der Waals surface area contributed by atoms with E-state index in [1.165, 1.54) is 0 Å². The van der Waals surface area contributed by atoms with Gasteiger partial charge in [0, 0.05) is 18.8 Å². The maximum Gasteiger partial charge on any atom is 0.0903 e. The van der Waals surface area contributed by atoms with Crippen molar-refractivity contribution in [1.82, 2.24) is 20.2 Å². The van der Waals surface area contributed by atoms with Crippen molar-refractivity contribution in [3.63, 3.8) is 0 Å². The molecule has 0 fully saturated rings. The summed E-state index contributed by atoms with van der Waals surface area (Å²) in [5.74, 6) is 0. The van der Waals surface area contributed by atoms with Gasteiger partial charge in [-0.3, -0.25) is 9.97 Å². The number of nitrogens with zero attached hydrogens (tertiary/aromatic N) is 4. The molecule has 88 valence electrons. The first-order valence-corrected chi connectivity index (χ1v) is 5.58. The quantitative estimate of drug-likeness (QED) is 0.732. The Balaban J connectivity index is 1.98. The van der Waals surface area contributed by atoms with Crippen molar-refractivity contribution in [2.75, 3.05) is 5.73 Å². The van der Waals surface area contributed by atoms with Gasteiger partial charge < -0.3 is 5.73 Å². The fourth-order valence-corrected chi connectivity index (χ4v) is 1.82. The molecule has 18 heavy (non-hydrogen) atoms. The van der Waals surface area contributed by atoms with Gasteiger partial charge in [0.05, 0.1) is 28.6 Å². The molecule has 1 aromatic carbocycles. The third-order valence-corrected chi connectivity index (χ3v) is 2.74. The molecule has 2 aromatic heterocycles. The Morgan fingerprint density at radius 2 is 1.78 bits per heavy atom. The summed E-state index contributed by atoms with van der Waals surface area (Å²) in [4.78, 5) is 8.51. The number of aromatic nitrogens is 4. The average molecular weight is 237 g/mol. The zero-order valence-corrected chi connectivity index (χ0v) is 9.61. The third-order valence-electron chi connectivity index (χ3n) is 2.74. The summed E-state index contributed by atoms with van der Waals surface area (Å²) in [5, 5.41) is 7.89. The highest BCUT2D eigenvalue weighted by Gasteiger charge is 2.04. The van der Waals surface area contributed by atoms with Crippen molar-refractivity contribution in [3.8, 4) is 0 Å². The summed E-state index contributed by atoms with van der Waals surface area (Å²) >= 11 is 0. The molecule has 0 aliphatic heterocycles. The van der Waals surface area contributed by atoms with Crippen LogP contribution in [0.1, 0.15) is 11.3 Å². The second kappa shape index (κ2) is 4.37. The smallest absolute Gasteiger partial charge is 0.0903 e. The number of benzene rings is 1. The van der Waals surface area contributed by atoms with E-state index in [1.54, 1.807) is 24.7 Å². The van der Waals surface area contributed by atoms with Gasteiger partial charge in [-0.1, -0.05) is 6.07 Å². The maximum absolute atomic E-state index is 5.85. The van der Waals surface area contributed by atoms with Crippen LogP contribution in [0.2, 0.25) is 0 Å². The first-order valence-electron chi connectivity index (χ1n) is 5.58. The Bertz CT molecular complexity index is 696. The molecule has 0 spiro atoms. The van der Waals surface area contributed by atoms with E-state index >= 15 is 0 Å². The largest absolute Gasteiger partial charge is 0.397 e. The van der Waals surface area contributed by atoms with Crippen LogP contribution in [-0.2, 0) is 6.42 Å². The number of fused-ring (bicyclic) bond motifs is 1. The lowest BCUT2D eigenvalue weighted by Crippen LogP contribution is -2.00. The summed E-state index contributed by atoms with van der Waals surface area (Å²) in [6.07, 6.45) is 5.60. The number of hydrogen-bond donors (Lipinski definition) is 1. The van der Waals surface area contributed by atoms with Crippen molar-refractivity contribution in [3.05, 3.63) is 54.1 Å². The normalized spacial score (nSPS) is 10.7. The van der Waals surface area contributed by atoms with Crippen molar-refractivity contribution >= 4 is 16.7 Å². The van der Waals surface area contributed by atoms with Gasteiger partial charge in [-0.15, -0.1) is 0 Å². The zero-order valence-electron chi connectivity index (χ0n) is 9.61. The Labute approximate surface area is 104 Å². The zero-order chi connectivity index (χ0) is 12.4. The molecule has 0 aliphatic carbocycles. The standard InChI is InChI=1S/C13H11N5/c14-10-3-4-17-18-12(10)7-9-1-2-11-13(8-9)16-6-5-15-11/h1-6,8H,7H2,(H2,14,17). The van der Waals surface area contributed by atoms with E-state index in [9.17, 15) is 0 Å². The molecule has 2 N–H and O–H groups in total. The molecule has 2 heterocycles. The Kier molecular flexibility index (Phi) is 2.57. The molecule has 0 amide bonds. The fourth-order valence-electron chi connectivity index (χ4n) is 1.82. The molecule has 0 aliphatic rings. The number of nitrogens with two attached hydrogens (primary N) is 1. The molecule has 3 rings (SSSR count). The van der Waals surface area contributed by atoms with Crippen LogP contribution in [0.4, 0.5) is 5.69 Å². The van der Waals surface area contributed by atoms with Crippen LogP contribution in [-0.4, -0.2) is 20.2 Å². The van der Waals surface area contributed by atoms with Gasteiger partial charge in [-0.05, 0) is 23.8 Å². The van der Waals surface area contributed by atoms with Crippen molar-refractivity contribution in [2.24, 2.45) is 0 Å². The van der Waals surface area contributed by atoms with E-state index in [-0.39, 0.29) is 0 Å². The molecule has 5 heteroatoms. The first kappa shape index (κ1) is 10.6.